The van der Waals surface area contributed by atoms with Gasteiger partial charge in [-0.25, -0.2) is 0 Å². The van der Waals surface area contributed by atoms with Gasteiger partial charge in [-0.3, -0.25) is 4.98 Å². The first-order valence-corrected chi connectivity index (χ1v) is 6.48. The second-order valence-electron chi connectivity index (χ2n) is 5.11. The Bertz CT molecular complexity index is 389. The summed E-state index contributed by atoms with van der Waals surface area (Å²) in [7, 11) is 0. The first-order chi connectivity index (χ1) is 8.27. The minimum absolute atomic E-state index is 0.238. The van der Waals surface area contributed by atoms with Gasteiger partial charge in [0.25, 0.3) is 0 Å². The lowest BCUT2D eigenvalue weighted by molar-refractivity contribution is -0.178. The second-order valence-corrected chi connectivity index (χ2v) is 5.11. The Balaban J connectivity index is 1.68. The van der Waals surface area contributed by atoms with Crippen LogP contribution in [0.15, 0.2) is 18.3 Å². The molecule has 0 atom stereocenters. The van der Waals surface area contributed by atoms with Crippen LogP contribution < -0.4 is 0 Å². The van der Waals surface area contributed by atoms with Crippen molar-refractivity contribution in [1.82, 2.24) is 4.98 Å². The highest BCUT2D eigenvalue weighted by atomic mass is 16.7. The first-order valence-electron chi connectivity index (χ1n) is 6.48. The van der Waals surface area contributed by atoms with Gasteiger partial charge in [-0.2, -0.15) is 0 Å². The highest BCUT2D eigenvalue weighted by Crippen LogP contribution is 2.42. The molecule has 2 fully saturated rings. The predicted octanol–water partition coefficient (Wildman–Crippen LogP) is 2.79. The SMILES string of the molecule is Cc1cc(C2CCC3(CC2)OCCO3)ccn1. The summed E-state index contributed by atoms with van der Waals surface area (Å²) in [5.41, 5.74) is 2.53. The van der Waals surface area contributed by atoms with Gasteiger partial charge in [-0.1, -0.05) is 0 Å². The zero-order valence-corrected chi connectivity index (χ0v) is 10.3. The minimum atomic E-state index is -0.238. The molecule has 0 unspecified atom stereocenters. The van der Waals surface area contributed by atoms with E-state index in [0.717, 1.165) is 44.6 Å². The maximum Gasteiger partial charge on any atom is 0.168 e. The third kappa shape index (κ3) is 2.22. The van der Waals surface area contributed by atoms with E-state index >= 15 is 0 Å². The van der Waals surface area contributed by atoms with E-state index in [9.17, 15) is 0 Å². The molecule has 1 aromatic heterocycles. The van der Waals surface area contributed by atoms with Crippen LogP contribution in [0.25, 0.3) is 0 Å². The summed E-state index contributed by atoms with van der Waals surface area (Å²) in [4.78, 5) is 4.26. The molecule has 3 rings (SSSR count). The number of ether oxygens (including phenoxy) is 2. The lowest BCUT2D eigenvalue weighted by Gasteiger charge is -2.35. The van der Waals surface area contributed by atoms with Crippen LogP contribution in [0.5, 0.6) is 0 Å². The van der Waals surface area contributed by atoms with Gasteiger partial charge in [0.05, 0.1) is 13.2 Å². The molecule has 0 aromatic carbocycles. The fourth-order valence-electron chi connectivity index (χ4n) is 3.00. The molecule has 0 amide bonds. The Labute approximate surface area is 102 Å². The van der Waals surface area contributed by atoms with E-state index in [1.165, 1.54) is 5.56 Å². The van der Waals surface area contributed by atoms with Crippen molar-refractivity contribution in [3.05, 3.63) is 29.6 Å². The molecule has 0 bridgehead atoms. The topological polar surface area (TPSA) is 31.4 Å². The van der Waals surface area contributed by atoms with Crippen molar-refractivity contribution in [1.29, 1.82) is 0 Å². The standard InChI is InChI=1S/C14H19NO2/c1-11-10-13(4-7-15-11)12-2-5-14(6-3-12)16-8-9-17-14/h4,7,10,12H,2-3,5-6,8-9H2,1H3. The fraction of sp³-hybridized carbons (Fsp3) is 0.643. The summed E-state index contributed by atoms with van der Waals surface area (Å²) in [6.07, 6.45) is 6.28. The average molecular weight is 233 g/mol. The number of aromatic nitrogens is 1. The molecule has 3 heteroatoms. The van der Waals surface area contributed by atoms with Gasteiger partial charge in [0.1, 0.15) is 0 Å². The van der Waals surface area contributed by atoms with Crippen LogP contribution in [0.2, 0.25) is 0 Å². The largest absolute Gasteiger partial charge is 0.348 e. The lowest BCUT2D eigenvalue weighted by Crippen LogP contribution is -2.34. The monoisotopic (exact) mass is 233 g/mol. The number of pyridine rings is 1. The third-order valence-corrected chi connectivity index (χ3v) is 3.95. The third-order valence-electron chi connectivity index (χ3n) is 3.95. The Hall–Kier alpha value is -0.930. The summed E-state index contributed by atoms with van der Waals surface area (Å²) >= 11 is 0. The van der Waals surface area contributed by atoms with Gasteiger partial charge in [0.2, 0.25) is 0 Å². The van der Waals surface area contributed by atoms with Crippen molar-refractivity contribution in [3.63, 3.8) is 0 Å². The minimum Gasteiger partial charge on any atom is -0.348 e. The Kier molecular flexibility index (Phi) is 2.89. The second kappa shape index (κ2) is 4.39. The molecule has 1 spiro atoms. The molecule has 92 valence electrons. The van der Waals surface area contributed by atoms with E-state index in [-0.39, 0.29) is 5.79 Å². The van der Waals surface area contributed by atoms with Crippen LogP contribution in [0.4, 0.5) is 0 Å². The van der Waals surface area contributed by atoms with E-state index in [4.69, 9.17) is 9.47 Å². The number of hydrogen-bond donors (Lipinski definition) is 0. The summed E-state index contributed by atoms with van der Waals surface area (Å²) < 4.78 is 11.5. The zero-order chi connectivity index (χ0) is 11.7. The van der Waals surface area contributed by atoms with Crippen molar-refractivity contribution in [2.24, 2.45) is 0 Å². The average Bonchev–Trinajstić information content (AvgIpc) is 2.79. The molecular formula is C14H19NO2. The summed E-state index contributed by atoms with van der Waals surface area (Å²) in [5.74, 6) is 0.411. The molecule has 1 saturated carbocycles. The lowest BCUT2D eigenvalue weighted by atomic mass is 9.81. The maximum absolute atomic E-state index is 5.75. The van der Waals surface area contributed by atoms with E-state index in [1.807, 2.05) is 6.20 Å². The number of nitrogens with zero attached hydrogens (tertiary/aromatic N) is 1. The molecule has 3 nitrogen and oxygen atoms in total. The van der Waals surface area contributed by atoms with Gasteiger partial charge < -0.3 is 9.47 Å². The molecule has 0 radical (unpaired) electrons. The molecular weight excluding hydrogens is 214 g/mol. The van der Waals surface area contributed by atoms with Crippen molar-refractivity contribution in [3.8, 4) is 0 Å². The van der Waals surface area contributed by atoms with Gasteiger partial charge in [0, 0.05) is 24.7 Å². The summed E-state index contributed by atoms with van der Waals surface area (Å²) in [5, 5.41) is 0. The van der Waals surface area contributed by atoms with Gasteiger partial charge in [-0.05, 0) is 43.4 Å². The van der Waals surface area contributed by atoms with Crippen LogP contribution in [0.3, 0.4) is 0 Å². The molecule has 1 aromatic rings. The van der Waals surface area contributed by atoms with Gasteiger partial charge in [0.15, 0.2) is 5.79 Å². The maximum atomic E-state index is 5.75. The van der Waals surface area contributed by atoms with Crippen LogP contribution in [-0.2, 0) is 9.47 Å². The molecule has 17 heavy (non-hydrogen) atoms. The van der Waals surface area contributed by atoms with E-state index in [1.54, 1.807) is 0 Å². The van der Waals surface area contributed by atoms with Crippen LogP contribution >= 0.6 is 0 Å². The summed E-state index contributed by atoms with van der Waals surface area (Å²) in [6, 6.07) is 4.35. The quantitative estimate of drug-likeness (QED) is 0.747. The van der Waals surface area contributed by atoms with Crippen molar-refractivity contribution >= 4 is 0 Å². The number of aryl methyl sites for hydroxylation is 1. The molecule has 1 saturated heterocycles. The molecule has 2 heterocycles. The van der Waals surface area contributed by atoms with E-state index < -0.39 is 0 Å². The van der Waals surface area contributed by atoms with Crippen LogP contribution in [0.1, 0.15) is 42.9 Å². The molecule has 1 aliphatic carbocycles. The Morgan fingerprint density at radius 3 is 2.59 bits per heavy atom. The van der Waals surface area contributed by atoms with Crippen molar-refractivity contribution in [2.75, 3.05) is 13.2 Å². The Morgan fingerprint density at radius 1 is 1.24 bits per heavy atom. The molecule has 0 N–H and O–H groups in total. The van der Waals surface area contributed by atoms with Crippen molar-refractivity contribution in [2.45, 2.75) is 44.3 Å². The van der Waals surface area contributed by atoms with Gasteiger partial charge >= 0.3 is 0 Å². The zero-order valence-electron chi connectivity index (χ0n) is 10.3. The smallest absolute Gasteiger partial charge is 0.168 e. The van der Waals surface area contributed by atoms with Crippen LogP contribution in [-0.4, -0.2) is 24.0 Å². The fourth-order valence-corrected chi connectivity index (χ4v) is 3.00. The normalized spacial score (nSPS) is 24.3. The highest BCUT2D eigenvalue weighted by molar-refractivity contribution is 5.20. The van der Waals surface area contributed by atoms with E-state index in [2.05, 4.69) is 24.0 Å². The molecule has 1 aliphatic heterocycles. The first kappa shape index (κ1) is 11.2. The molecule has 2 aliphatic rings. The summed E-state index contributed by atoms with van der Waals surface area (Å²) in [6.45, 7) is 3.58. The highest BCUT2D eigenvalue weighted by Gasteiger charge is 2.40. The van der Waals surface area contributed by atoms with Crippen LogP contribution in [0, 0.1) is 6.92 Å². The Morgan fingerprint density at radius 2 is 1.94 bits per heavy atom. The van der Waals surface area contributed by atoms with Crippen molar-refractivity contribution < 1.29 is 9.47 Å². The van der Waals surface area contributed by atoms with E-state index in [0.29, 0.717) is 5.92 Å². The predicted molar refractivity (Wildman–Crippen MR) is 64.8 cm³/mol. The van der Waals surface area contributed by atoms with Gasteiger partial charge in [-0.15, -0.1) is 0 Å². The number of rotatable bonds is 1. The number of hydrogen-bond acceptors (Lipinski definition) is 3.